The zero-order chi connectivity index (χ0) is 13.4. The van der Waals surface area contributed by atoms with Crippen LogP contribution in [-0.4, -0.2) is 26.2 Å². The molecule has 0 heterocycles. The van der Waals surface area contributed by atoms with E-state index in [0.29, 0.717) is 11.1 Å². The van der Waals surface area contributed by atoms with Crippen LogP contribution in [0.5, 0.6) is 0 Å². The Morgan fingerprint density at radius 3 is 1.67 bits per heavy atom. The largest absolute Gasteiger partial charge is 0.466 e. The lowest BCUT2D eigenvalue weighted by Gasteiger charge is -2.06. The highest BCUT2D eigenvalue weighted by Gasteiger charge is 2.55. The minimum absolute atomic E-state index is 0.0354. The van der Waals surface area contributed by atoms with Crippen LogP contribution in [-0.2, 0) is 19.1 Å². The molecule has 0 aromatic carbocycles. The third kappa shape index (κ3) is 1.96. The first-order chi connectivity index (χ1) is 8.51. The van der Waals surface area contributed by atoms with Crippen molar-refractivity contribution in [2.45, 2.75) is 13.8 Å². The summed E-state index contributed by atoms with van der Waals surface area (Å²) in [6, 6.07) is 0. The van der Waals surface area contributed by atoms with Crippen molar-refractivity contribution >= 4 is 11.9 Å². The molecule has 4 atom stereocenters. The van der Waals surface area contributed by atoms with E-state index in [1.807, 2.05) is 26.0 Å². The Bertz CT molecular complexity index is 407. The first kappa shape index (κ1) is 12.9. The predicted molar refractivity (Wildman–Crippen MR) is 65.5 cm³/mol. The second kappa shape index (κ2) is 4.59. The molecule has 0 amide bonds. The Kier molecular flexibility index (Phi) is 3.28. The maximum atomic E-state index is 11.8. The number of esters is 2. The number of carbonyl (C=O) groups excluding carboxylic acids is 2. The van der Waals surface area contributed by atoms with Gasteiger partial charge in [-0.2, -0.15) is 0 Å². The number of hydrogen-bond donors (Lipinski definition) is 0. The van der Waals surface area contributed by atoms with Gasteiger partial charge >= 0.3 is 11.9 Å². The molecule has 2 unspecified atom stereocenters. The SMILES string of the molecule is COC(=O)C1=CC(C)C=C(C(=O)OC)[C@H]2C(C)[C@@H]12. The first-order valence-electron chi connectivity index (χ1n) is 6.11. The number of fused-ring (bicyclic) bond motifs is 1. The van der Waals surface area contributed by atoms with Crippen molar-refractivity contribution in [3.63, 3.8) is 0 Å². The second-order valence-corrected chi connectivity index (χ2v) is 5.00. The van der Waals surface area contributed by atoms with Crippen LogP contribution in [0.1, 0.15) is 13.8 Å². The monoisotopic (exact) mass is 250 g/mol. The van der Waals surface area contributed by atoms with Crippen LogP contribution in [0.3, 0.4) is 0 Å². The highest BCUT2D eigenvalue weighted by molar-refractivity contribution is 5.94. The van der Waals surface area contributed by atoms with Gasteiger partial charge in [-0.1, -0.05) is 26.0 Å². The maximum absolute atomic E-state index is 11.8. The quantitative estimate of drug-likeness (QED) is 0.700. The topological polar surface area (TPSA) is 52.6 Å². The van der Waals surface area contributed by atoms with E-state index in [1.54, 1.807) is 0 Å². The van der Waals surface area contributed by atoms with E-state index >= 15 is 0 Å². The lowest BCUT2D eigenvalue weighted by Crippen LogP contribution is -2.10. The number of allylic oxidation sites excluding steroid dienone is 2. The summed E-state index contributed by atoms with van der Waals surface area (Å²) in [4.78, 5) is 23.5. The van der Waals surface area contributed by atoms with Crippen molar-refractivity contribution in [1.29, 1.82) is 0 Å². The van der Waals surface area contributed by atoms with Crippen molar-refractivity contribution in [3.8, 4) is 0 Å². The van der Waals surface area contributed by atoms with Crippen molar-refractivity contribution in [2.75, 3.05) is 14.2 Å². The van der Waals surface area contributed by atoms with E-state index in [-0.39, 0.29) is 35.6 Å². The van der Waals surface area contributed by atoms with E-state index in [4.69, 9.17) is 9.47 Å². The van der Waals surface area contributed by atoms with Crippen LogP contribution in [0.15, 0.2) is 23.3 Å². The fraction of sp³-hybridized carbons (Fsp3) is 0.571. The summed E-state index contributed by atoms with van der Waals surface area (Å²) in [5, 5.41) is 0. The van der Waals surface area contributed by atoms with Gasteiger partial charge in [0.05, 0.1) is 14.2 Å². The summed E-state index contributed by atoms with van der Waals surface area (Å²) in [6.45, 7) is 3.99. The van der Waals surface area contributed by atoms with Gasteiger partial charge < -0.3 is 9.47 Å². The molecule has 4 nitrogen and oxygen atoms in total. The van der Waals surface area contributed by atoms with Gasteiger partial charge in [0.25, 0.3) is 0 Å². The van der Waals surface area contributed by atoms with Crippen molar-refractivity contribution < 1.29 is 19.1 Å². The van der Waals surface area contributed by atoms with Gasteiger partial charge in [0, 0.05) is 23.0 Å². The number of methoxy groups -OCH3 is 2. The maximum Gasteiger partial charge on any atom is 0.333 e. The standard InChI is InChI=1S/C14H18O4/c1-7-5-9(13(15)17-3)11-8(2)12(11)10(6-7)14(16)18-4/h5-8,11-12H,1-4H3/t7?,8?,11-,12+. The summed E-state index contributed by atoms with van der Waals surface area (Å²) < 4.78 is 9.63. The summed E-state index contributed by atoms with van der Waals surface area (Å²) in [5.74, 6) is -0.0802. The van der Waals surface area contributed by atoms with E-state index in [2.05, 4.69) is 0 Å². The highest BCUT2D eigenvalue weighted by atomic mass is 16.5. The average molecular weight is 250 g/mol. The van der Waals surface area contributed by atoms with Crippen molar-refractivity contribution in [1.82, 2.24) is 0 Å². The number of ether oxygens (including phenoxy) is 2. The smallest absolute Gasteiger partial charge is 0.333 e. The summed E-state index contributed by atoms with van der Waals surface area (Å²) in [7, 11) is 2.77. The van der Waals surface area contributed by atoms with Crippen LogP contribution < -0.4 is 0 Å². The molecule has 98 valence electrons. The molecule has 1 fully saturated rings. The van der Waals surface area contributed by atoms with Gasteiger partial charge in [0.2, 0.25) is 0 Å². The Labute approximate surface area is 107 Å². The van der Waals surface area contributed by atoms with Crippen molar-refractivity contribution in [3.05, 3.63) is 23.3 Å². The van der Waals surface area contributed by atoms with Gasteiger partial charge in [-0.05, 0) is 11.8 Å². The second-order valence-electron chi connectivity index (χ2n) is 5.00. The summed E-state index contributed by atoms with van der Waals surface area (Å²) in [6.07, 6.45) is 3.78. The van der Waals surface area contributed by atoms with E-state index in [0.717, 1.165) is 0 Å². The number of hydrogen-bond acceptors (Lipinski definition) is 4. The zero-order valence-corrected chi connectivity index (χ0v) is 11.1. The lowest BCUT2D eigenvalue weighted by atomic mass is 10.0. The van der Waals surface area contributed by atoms with Gasteiger partial charge in [-0.25, -0.2) is 9.59 Å². The predicted octanol–water partition coefficient (Wildman–Crippen LogP) is 1.72. The van der Waals surface area contributed by atoms with Crippen LogP contribution in [0.2, 0.25) is 0 Å². The lowest BCUT2D eigenvalue weighted by molar-refractivity contribution is -0.137. The van der Waals surface area contributed by atoms with Gasteiger partial charge in [-0.15, -0.1) is 0 Å². The molecule has 0 spiro atoms. The Morgan fingerprint density at radius 2 is 1.33 bits per heavy atom. The molecule has 0 aliphatic heterocycles. The Morgan fingerprint density at radius 1 is 0.944 bits per heavy atom. The molecule has 4 heteroatoms. The third-order valence-corrected chi connectivity index (χ3v) is 3.82. The molecule has 2 rings (SSSR count). The average Bonchev–Trinajstić information content (AvgIpc) is 3.04. The molecule has 0 N–H and O–H groups in total. The van der Waals surface area contributed by atoms with Crippen LogP contribution in [0.4, 0.5) is 0 Å². The van der Waals surface area contributed by atoms with Crippen molar-refractivity contribution in [2.24, 2.45) is 23.7 Å². The minimum atomic E-state index is -0.291. The molecule has 1 saturated carbocycles. The van der Waals surface area contributed by atoms with E-state index in [1.165, 1.54) is 14.2 Å². The van der Waals surface area contributed by atoms with E-state index < -0.39 is 0 Å². The van der Waals surface area contributed by atoms with Crippen LogP contribution in [0.25, 0.3) is 0 Å². The molecule has 0 aromatic rings. The molecule has 0 radical (unpaired) electrons. The zero-order valence-electron chi connectivity index (χ0n) is 11.1. The van der Waals surface area contributed by atoms with E-state index in [9.17, 15) is 9.59 Å². The Balaban J connectivity index is 2.32. The fourth-order valence-electron chi connectivity index (χ4n) is 2.90. The summed E-state index contributed by atoms with van der Waals surface area (Å²) in [5.41, 5.74) is 1.38. The van der Waals surface area contributed by atoms with Crippen LogP contribution >= 0.6 is 0 Å². The van der Waals surface area contributed by atoms with Gasteiger partial charge in [-0.3, -0.25) is 0 Å². The fourth-order valence-corrected chi connectivity index (χ4v) is 2.90. The minimum Gasteiger partial charge on any atom is -0.466 e. The molecule has 0 saturated heterocycles. The molecule has 2 aliphatic carbocycles. The molecular formula is C14H18O4. The number of rotatable bonds is 2. The van der Waals surface area contributed by atoms with Gasteiger partial charge in [0.15, 0.2) is 0 Å². The summed E-state index contributed by atoms with van der Waals surface area (Å²) >= 11 is 0. The molecule has 0 bridgehead atoms. The third-order valence-electron chi connectivity index (χ3n) is 3.82. The highest BCUT2D eigenvalue weighted by Crippen LogP contribution is 2.56. The molecule has 18 heavy (non-hydrogen) atoms. The van der Waals surface area contributed by atoms with Crippen LogP contribution in [0, 0.1) is 23.7 Å². The first-order valence-corrected chi connectivity index (χ1v) is 6.11. The van der Waals surface area contributed by atoms with Gasteiger partial charge in [0.1, 0.15) is 0 Å². The molecule has 2 aliphatic rings. The number of carbonyl (C=O) groups is 2. The molecular weight excluding hydrogens is 232 g/mol. The molecule has 0 aromatic heterocycles. The Hall–Kier alpha value is -1.58. The normalized spacial score (nSPS) is 33.6.